The highest BCUT2D eigenvalue weighted by atomic mass is 79.9. The Morgan fingerprint density at radius 1 is 1.33 bits per heavy atom. The maximum Gasteiger partial charge on any atom is 0.251 e. The summed E-state index contributed by atoms with van der Waals surface area (Å²) in [5.74, 6) is -0.941. The van der Waals surface area contributed by atoms with E-state index in [4.69, 9.17) is 0 Å². The van der Waals surface area contributed by atoms with Crippen LogP contribution in [-0.2, 0) is 16.6 Å². The SMILES string of the molecule is CCCNCc1cc(Br)cc(S(=O)(=O)NCC(F)F)c1F. The molecule has 0 heterocycles. The van der Waals surface area contributed by atoms with Crippen molar-refractivity contribution >= 4 is 26.0 Å². The summed E-state index contributed by atoms with van der Waals surface area (Å²) in [7, 11) is -4.32. The second kappa shape index (κ2) is 8.11. The molecule has 1 aromatic rings. The molecule has 0 aliphatic heterocycles. The van der Waals surface area contributed by atoms with E-state index >= 15 is 0 Å². The quantitative estimate of drug-likeness (QED) is 0.673. The van der Waals surface area contributed by atoms with Gasteiger partial charge in [0.15, 0.2) is 0 Å². The van der Waals surface area contributed by atoms with Gasteiger partial charge in [-0.25, -0.2) is 26.3 Å². The molecule has 1 aromatic carbocycles. The Hall–Kier alpha value is -0.640. The zero-order valence-corrected chi connectivity index (χ0v) is 13.7. The summed E-state index contributed by atoms with van der Waals surface area (Å²) >= 11 is 3.09. The fourth-order valence-electron chi connectivity index (χ4n) is 1.59. The van der Waals surface area contributed by atoms with E-state index in [0.717, 1.165) is 12.5 Å². The number of sulfonamides is 1. The van der Waals surface area contributed by atoms with Crippen LogP contribution in [0.15, 0.2) is 21.5 Å². The highest BCUT2D eigenvalue weighted by Gasteiger charge is 2.23. The van der Waals surface area contributed by atoms with Crippen LogP contribution in [0.3, 0.4) is 0 Å². The van der Waals surface area contributed by atoms with Crippen molar-refractivity contribution in [2.24, 2.45) is 0 Å². The van der Waals surface area contributed by atoms with E-state index in [9.17, 15) is 21.6 Å². The van der Waals surface area contributed by atoms with Crippen molar-refractivity contribution in [3.63, 3.8) is 0 Å². The molecule has 0 radical (unpaired) electrons. The van der Waals surface area contributed by atoms with Gasteiger partial charge in [0.1, 0.15) is 10.7 Å². The molecule has 0 fully saturated rings. The molecule has 0 aliphatic rings. The van der Waals surface area contributed by atoms with Gasteiger partial charge in [-0.05, 0) is 25.1 Å². The Kier molecular flexibility index (Phi) is 7.11. The predicted molar refractivity (Wildman–Crippen MR) is 77.3 cm³/mol. The summed E-state index contributed by atoms with van der Waals surface area (Å²) in [5, 5.41) is 2.95. The second-order valence-electron chi connectivity index (χ2n) is 4.30. The minimum absolute atomic E-state index is 0.148. The van der Waals surface area contributed by atoms with Crippen molar-refractivity contribution in [1.82, 2.24) is 10.0 Å². The average molecular weight is 389 g/mol. The number of alkyl halides is 2. The van der Waals surface area contributed by atoms with Gasteiger partial charge in [-0.3, -0.25) is 0 Å². The van der Waals surface area contributed by atoms with Gasteiger partial charge in [0.25, 0.3) is 6.43 Å². The summed E-state index contributed by atoms with van der Waals surface area (Å²) < 4.78 is 64.2. The lowest BCUT2D eigenvalue weighted by molar-refractivity contribution is 0.153. The van der Waals surface area contributed by atoms with Crippen LogP contribution in [0.4, 0.5) is 13.2 Å². The Labute approximate surface area is 130 Å². The maximum absolute atomic E-state index is 14.2. The van der Waals surface area contributed by atoms with Crippen molar-refractivity contribution in [3.05, 3.63) is 28.0 Å². The molecule has 0 aliphatic carbocycles. The molecule has 0 aromatic heterocycles. The van der Waals surface area contributed by atoms with Crippen LogP contribution < -0.4 is 10.0 Å². The summed E-state index contributed by atoms with van der Waals surface area (Å²) in [6, 6.07) is 2.50. The zero-order chi connectivity index (χ0) is 16.0. The topological polar surface area (TPSA) is 58.2 Å². The highest BCUT2D eigenvalue weighted by molar-refractivity contribution is 9.10. The number of hydrogen-bond acceptors (Lipinski definition) is 3. The Morgan fingerprint density at radius 3 is 2.57 bits per heavy atom. The number of nitrogens with one attached hydrogen (secondary N) is 2. The highest BCUT2D eigenvalue weighted by Crippen LogP contribution is 2.24. The minimum Gasteiger partial charge on any atom is -0.313 e. The lowest BCUT2D eigenvalue weighted by Gasteiger charge is -2.12. The van der Waals surface area contributed by atoms with Crippen molar-refractivity contribution in [3.8, 4) is 0 Å². The van der Waals surface area contributed by atoms with Crippen LogP contribution in [0, 0.1) is 5.82 Å². The van der Waals surface area contributed by atoms with E-state index in [-0.39, 0.29) is 12.1 Å². The van der Waals surface area contributed by atoms with Gasteiger partial charge in [-0.2, -0.15) is 0 Å². The first kappa shape index (κ1) is 18.4. The molecule has 0 bridgehead atoms. The molecular weight excluding hydrogens is 373 g/mol. The van der Waals surface area contributed by atoms with Gasteiger partial charge in [-0.15, -0.1) is 0 Å². The molecule has 21 heavy (non-hydrogen) atoms. The molecule has 0 spiro atoms. The standard InChI is InChI=1S/C12H16BrF3N2O2S/c1-2-3-17-6-8-4-9(13)5-10(12(8)16)21(19,20)18-7-11(14)15/h4-5,11,17-18H,2-3,6-7H2,1H3. The van der Waals surface area contributed by atoms with E-state index in [0.29, 0.717) is 11.0 Å². The van der Waals surface area contributed by atoms with E-state index in [1.807, 2.05) is 6.92 Å². The molecule has 2 N–H and O–H groups in total. The van der Waals surface area contributed by atoms with Crippen LogP contribution in [0.2, 0.25) is 0 Å². The Morgan fingerprint density at radius 2 is 2.00 bits per heavy atom. The summed E-state index contributed by atoms with van der Waals surface area (Å²) in [4.78, 5) is -0.647. The molecule has 0 saturated heterocycles. The Balaban J connectivity index is 3.06. The monoisotopic (exact) mass is 388 g/mol. The fraction of sp³-hybridized carbons (Fsp3) is 0.500. The summed E-state index contributed by atoms with van der Waals surface area (Å²) in [6.45, 7) is 1.68. The summed E-state index contributed by atoms with van der Waals surface area (Å²) in [6.07, 6.45) is -2.00. The predicted octanol–water partition coefficient (Wildman–Crippen LogP) is 2.63. The molecule has 0 unspecified atom stereocenters. The minimum atomic E-state index is -4.32. The number of benzene rings is 1. The lowest BCUT2D eigenvalue weighted by Crippen LogP contribution is -2.29. The number of rotatable bonds is 8. The van der Waals surface area contributed by atoms with E-state index in [1.54, 1.807) is 4.72 Å². The zero-order valence-electron chi connectivity index (χ0n) is 11.3. The van der Waals surface area contributed by atoms with E-state index in [2.05, 4.69) is 21.2 Å². The summed E-state index contributed by atoms with van der Waals surface area (Å²) in [5.41, 5.74) is 0.148. The number of halogens is 4. The third kappa shape index (κ3) is 5.57. The van der Waals surface area contributed by atoms with Gasteiger partial charge < -0.3 is 5.32 Å². The van der Waals surface area contributed by atoms with Crippen molar-refractivity contribution in [1.29, 1.82) is 0 Å². The van der Waals surface area contributed by atoms with Gasteiger partial charge in [0.2, 0.25) is 10.0 Å². The molecule has 0 atom stereocenters. The van der Waals surface area contributed by atoms with Crippen LogP contribution in [0.25, 0.3) is 0 Å². The second-order valence-corrected chi connectivity index (χ2v) is 6.95. The molecular formula is C12H16BrF3N2O2S. The average Bonchev–Trinajstić information content (AvgIpc) is 2.40. The first-order chi connectivity index (χ1) is 9.77. The molecule has 9 heteroatoms. The number of hydrogen-bond donors (Lipinski definition) is 2. The van der Waals surface area contributed by atoms with Crippen molar-refractivity contribution < 1.29 is 21.6 Å². The van der Waals surface area contributed by atoms with Gasteiger partial charge >= 0.3 is 0 Å². The lowest BCUT2D eigenvalue weighted by atomic mass is 10.2. The van der Waals surface area contributed by atoms with Crippen LogP contribution in [0.1, 0.15) is 18.9 Å². The van der Waals surface area contributed by atoms with Gasteiger partial charge in [0, 0.05) is 16.6 Å². The van der Waals surface area contributed by atoms with E-state index in [1.165, 1.54) is 6.07 Å². The van der Waals surface area contributed by atoms with Crippen molar-refractivity contribution in [2.45, 2.75) is 31.2 Å². The normalized spacial score (nSPS) is 12.1. The first-order valence-corrected chi connectivity index (χ1v) is 8.52. The van der Waals surface area contributed by atoms with Crippen LogP contribution in [0.5, 0.6) is 0 Å². The van der Waals surface area contributed by atoms with Gasteiger partial charge in [-0.1, -0.05) is 22.9 Å². The Bertz CT molecular complexity index is 582. The smallest absolute Gasteiger partial charge is 0.251 e. The molecule has 0 saturated carbocycles. The molecule has 0 amide bonds. The maximum atomic E-state index is 14.2. The molecule has 120 valence electrons. The third-order valence-electron chi connectivity index (χ3n) is 2.54. The molecule has 1 rings (SSSR count). The van der Waals surface area contributed by atoms with Crippen LogP contribution >= 0.6 is 15.9 Å². The van der Waals surface area contributed by atoms with Crippen LogP contribution in [-0.4, -0.2) is 27.9 Å². The fourth-order valence-corrected chi connectivity index (χ4v) is 3.40. The largest absolute Gasteiger partial charge is 0.313 e. The van der Waals surface area contributed by atoms with E-state index < -0.39 is 33.7 Å². The third-order valence-corrected chi connectivity index (χ3v) is 4.42. The van der Waals surface area contributed by atoms with Gasteiger partial charge in [0.05, 0.1) is 6.54 Å². The van der Waals surface area contributed by atoms with Crippen molar-refractivity contribution in [2.75, 3.05) is 13.1 Å². The molecule has 4 nitrogen and oxygen atoms in total. The first-order valence-electron chi connectivity index (χ1n) is 6.24.